The lowest BCUT2D eigenvalue weighted by Crippen LogP contribution is -2.59. The smallest absolute Gasteiger partial charge is 0.326 e. The monoisotopic (exact) mass is 227 g/mol. The number of nitrogens with zero attached hydrogens (tertiary/aromatic N) is 1. The fourth-order valence-electron chi connectivity index (χ4n) is 2.83. The van der Waals surface area contributed by atoms with Gasteiger partial charge in [-0.1, -0.05) is 12.8 Å². The highest BCUT2D eigenvalue weighted by Gasteiger charge is 2.45. The highest BCUT2D eigenvalue weighted by molar-refractivity contribution is 5.79. The molecule has 0 bridgehead atoms. The number of carboxylic acids is 1. The van der Waals surface area contributed by atoms with Crippen LogP contribution in [0.1, 0.15) is 38.5 Å². The van der Waals surface area contributed by atoms with Gasteiger partial charge < -0.3 is 9.84 Å². The van der Waals surface area contributed by atoms with Crippen LogP contribution in [0.25, 0.3) is 0 Å². The van der Waals surface area contributed by atoms with E-state index in [1.165, 1.54) is 12.8 Å². The Kier molecular flexibility index (Phi) is 3.82. The first-order valence-electron chi connectivity index (χ1n) is 6.32. The van der Waals surface area contributed by atoms with Crippen LogP contribution in [0, 0.1) is 0 Å². The molecule has 2 aliphatic heterocycles. The van der Waals surface area contributed by atoms with Crippen LogP contribution in [-0.2, 0) is 9.53 Å². The number of carbonyl (C=O) groups is 1. The van der Waals surface area contributed by atoms with Crippen molar-refractivity contribution in [3.8, 4) is 0 Å². The van der Waals surface area contributed by atoms with Crippen molar-refractivity contribution < 1.29 is 14.6 Å². The van der Waals surface area contributed by atoms with Crippen molar-refractivity contribution in [2.45, 2.75) is 44.1 Å². The van der Waals surface area contributed by atoms with E-state index >= 15 is 0 Å². The second-order valence-electron chi connectivity index (χ2n) is 4.89. The molecule has 0 amide bonds. The van der Waals surface area contributed by atoms with Crippen molar-refractivity contribution in [2.75, 3.05) is 26.3 Å². The highest BCUT2D eigenvalue weighted by Crippen LogP contribution is 2.29. The van der Waals surface area contributed by atoms with Crippen LogP contribution in [0.15, 0.2) is 0 Å². The van der Waals surface area contributed by atoms with Crippen molar-refractivity contribution in [1.82, 2.24) is 4.90 Å². The second-order valence-corrected chi connectivity index (χ2v) is 4.89. The van der Waals surface area contributed by atoms with Gasteiger partial charge in [0.05, 0.1) is 6.61 Å². The third kappa shape index (κ3) is 2.23. The van der Waals surface area contributed by atoms with Crippen molar-refractivity contribution in [1.29, 1.82) is 0 Å². The topological polar surface area (TPSA) is 49.8 Å². The molecule has 2 heterocycles. The summed E-state index contributed by atoms with van der Waals surface area (Å²) in [7, 11) is 0. The van der Waals surface area contributed by atoms with Gasteiger partial charge in [0.15, 0.2) is 0 Å². The minimum atomic E-state index is -0.734. The normalized spacial score (nSPS) is 33.2. The van der Waals surface area contributed by atoms with Crippen LogP contribution in [0.3, 0.4) is 0 Å². The van der Waals surface area contributed by atoms with Gasteiger partial charge in [0.1, 0.15) is 5.54 Å². The van der Waals surface area contributed by atoms with E-state index in [4.69, 9.17) is 4.74 Å². The minimum Gasteiger partial charge on any atom is -0.480 e. The number of likely N-dealkylation sites (tertiary alicyclic amines) is 1. The molecule has 1 atom stereocenters. The summed E-state index contributed by atoms with van der Waals surface area (Å²) >= 11 is 0. The Balaban J connectivity index is 2.12. The lowest BCUT2D eigenvalue weighted by molar-refractivity contribution is -0.161. The SMILES string of the molecule is O=C(O)C1(N2CCCCCC2)CCCOC1. The summed E-state index contributed by atoms with van der Waals surface area (Å²) in [6, 6.07) is 0. The molecule has 2 saturated heterocycles. The summed E-state index contributed by atoms with van der Waals surface area (Å²) in [4.78, 5) is 13.7. The Morgan fingerprint density at radius 1 is 1.12 bits per heavy atom. The molecule has 1 N–H and O–H groups in total. The molecule has 2 fully saturated rings. The number of rotatable bonds is 2. The van der Waals surface area contributed by atoms with E-state index in [1.54, 1.807) is 0 Å². The molecule has 0 spiro atoms. The van der Waals surface area contributed by atoms with E-state index in [2.05, 4.69) is 4.90 Å². The molecule has 0 aromatic rings. The molecular weight excluding hydrogens is 206 g/mol. The van der Waals surface area contributed by atoms with Crippen LogP contribution < -0.4 is 0 Å². The molecule has 0 aromatic carbocycles. The number of carboxylic acid groups (broad SMARTS) is 1. The van der Waals surface area contributed by atoms with E-state index in [9.17, 15) is 9.90 Å². The molecule has 2 aliphatic rings. The predicted octanol–water partition coefficient (Wildman–Crippen LogP) is 1.50. The fourth-order valence-corrected chi connectivity index (χ4v) is 2.83. The summed E-state index contributed by atoms with van der Waals surface area (Å²) in [5.41, 5.74) is -0.734. The van der Waals surface area contributed by atoms with E-state index < -0.39 is 11.5 Å². The van der Waals surface area contributed by atoms with Gasteiger partial charge in [-0.3, -0.25) is 9.69 Å². The maximum Gasteiger partial charge on any atom is 0.326 e. The Hall–Kier alpha value is -0.610. The van der Waals surface area contributed by atoms with Gasteiger partial charge in [-0.05, 0) is 38.8 Å². The van der Waals surface area contributed by atoms with Gasteiger partial charge in [-0.25, -0.2) is 0 Å². The summed E-state index contributed by atoms with van der Waals surface area (Å²) < 4.78 is 5.42. The van der Waals surface area contributed by atoms with E-state index in [1.807, 2.05) is 0 Å². The molecule has 2 rings (SSSR count). The molecule has 16 heavy (non-hydrogen) atoms. The molecular formula is C12H21NO3. The Labute approximate surface area is 96.6 Å². The molecule has 1 unspecified atom stereocenters. The fraction of sp³-hybridized carbons (Fsp3) is 0.917. The molecule has 92 valence electrons. The zero-order valence-electron chi connectivity index (χ0n) is 9.78. The van der Waals surface area contributed by atoms with Gasteiger partial charge in [0.25, 0.3) is 0 Å². The zero-order chi connectivity index (χ0) is 11.4. The van der Waals surface area contributed by atoms with Crippen molar-refractivity contribution in [2.24, 2.45) is 0 Å². The van der Waals surface area contributed by atoms with Gasteiger partial charge in [-0.2, -0.15) is 0 Å². The van der Waals surface area contributed by atoms with Crippen LogP contribution in [0.5, 0.6) is 0 Å². The minimum absolute atomic E-state index is 0.363. The van der Waals surface area contributed by atoms with Gasteiger partial charge >= 0.3 is 5.97 Å². The first kappa shape index (κ1) is 11.9. The molecule has 4 heteroatoms. The summed E-state index contributed by atoms with van der Waals surface area (Å²) in [6.45, 7) is 2.90. The number of ether oxygens (including phenoxy) is 1. The summed E-state index contributed by atoms with van der Waals surface area (Å²) in [6.07, 6.45) is 6.30. The average molecular weight is 227 g/mol. The molecule has 0 saturated carbocycles. The predicted molar refractivity (Wildman–Crippen MR) is 60.5 cm³/mol. The second kappa shape index (κ2) is 5.15. The largest absolute Gasteiger partial charge is 0.480 e. The number of aliphatic carboxylic acids is 1. The van der Waals surface area contributed by atoms with Gasteiger partial charge in [-0.15, -0.1) is 0 Å². The lowest BCUT2D eigenvalue weighted by atomic mass is 9.90. The molecule has 0 radical (unpaired) electrons. The average Bonchev–Trinajstić information content (AvgIpc) is 2.58. The van der Waals surface area contributed by atoms with Crippen molar-refractivity contribution in [3.63, 3.8) is 0 Å². The maximum atomic E-state index is 11.6. The van der Waals surface area contributed by atoms with Crippen LogP contribution in [-0.4, -0.2) is 47.8 Å². The third-order valence-electron chi connectivity index (χ3n) is 3.83. The maximum absolute atomic E-state index is 11.6. The van der Waals surface area contributed by atoms with Crippen LogP contribution in [0.2, 0.25) is 0 Å². The zero-order valence-corrected chi connectivity index (χ0v) is 9.78. The van der Waals surface area contributed by atoms with Crippen molar-refractivity contribution in [3.05, 3.63) is 0 Å². The van der Waals surface area contributed by atoms with E-state index in [0.29, 0.717) is 13.2 Å². The number of hydrogen-bond acceptors (Lipinski definition) is 3. The Morgan fingerprint density at radius 3 is 2.31 bits per heavy atom. The first-order valence-corrected chi connectivity index (χ1v) is 6.32. The number of hydrogen-bond donors (Lipinski definition) is 1. The molecule has 0 aliphatic carbocycles. The quantitative estimate of drug-likeness (QED) is 0.776. The Morgan fingerprint density at radius 2 is 1.81 bits per heavy atom. The van der Waals surface area contributed by atoms with Crippen LogP contribution in [0.4, 0.5) is 0 Å². The van der Waals surface area contributed by atoms with Crippen molar-refractivity contribution >= 4 is 5.97 Å². The lowest BCUT2D eigenvalue weighted by Gasteiger charge is -2.42. The summed E-state index contributed by atoms with van der Waals surface area (Å²) in [5.74, 6) is -0.700. The molecule has 0 aromatic heterocycles. The first-order chi connectivity index (χ1) is 7.76. The third-order valence-corrected chi connectivity index (χ3v) is 3.83. The van der Waals surface area contributed by atoms with E-state index in [-0.39, 0.29) is 0 Å². The summed E-state index contributed by atoms with van der Waals surface area (Å²) in [5, 5.41) is 9.51. The highest BCUT2D eigenvalue weighted by atomic mass is 16.5. The van der Waals surface area contributed by atoms with Gasteiger partial charge in [0.2, 0.25) is 0 Å². The van der Waals surface area contributed by atoms with Crippen LogP contribution >= 0.6 is 0 Å². The standard InChI is InChI=1S/C12H21NO3/c14-11(15)12(6-5-9-16-10-12)13-7-3-1-2-4-8-13/h1-10H2,(H,14,15). The Bertz CT molecular complexity index is 241. The van der Waals surface area contributed by atoms with E-state index in [0.717, 1.165) is 38.8 Å². The molecule has 4 nitrogen and oxygen atoms in total. The van der Waals surface area contributed by atoms with Gasteiger partial charge in [0, 0.05) is 6.61 Å².